The molecule has 0 aliphatic heterocycles. The minimum absolute atomic E-state index is 0.0569. The zero-order valence-electron chi connectivity index (χ0n) is 8.14. The number of carbonyl (C=O) groups is 1. The molecule has 1 amide bonds. The van der Waals surface area contributed by atoms with Crippen LogP contribution in [0.1, 0.15) is 16.8 Å². The molecule has 1 aromatic heterocycles. The third kappa shape index (κ3) is 4.59. The number of nitriles is 1. The van der Waals surface area contributed by atoms with E-state index in [1.807, 2.05) is 0 Å². The van der Waals surface area contributed by atoms with E-state index in [-0.39, 0.29) is 20.9 Å². The van der Waals surface area contributed by atoms with Gasteiger partial charge in [0.05, 0.1) is 0 Å². The molecule has 15 heavy (non-hydrogen) atoms. The summed E-state index contributed by atoms with van der Waals surface area (Å²) in [7, 11) is 0. The number of hydrogen-bond donors (Lipinski definition) is 1. The van der Waals surface area contributed by atoms with Gasteiger partial charge in [-0.05, 0) is 0 Å². The van der Waals surface area contributed by atoms with E-state index < -0.39 is 0 Å². The van der Waals surface area contributed by atoms with E-state index in [0.717, 1.165) is 11.7 Å². The van der Waals surface area contributed by atoms with Gasteiger partial charge in [-0.15, -0.1) is 0 Å². The Bertz CT molecular complexity index is 347. The summed E-state index contributed by atoms with van der Waals surface area (Å²) in [5.41, 5.74) is 0.621. The topological polar surface area (TPSA) is 65.8 Å². The summed E-state index contributed by atoms with van der Waals surface area (Å²) in [6.07, 6.45) is 4.05. The Hall–Kier alpha value is -1.37. The maximum absolute atomic E-state index is 11.5. The van der Waals surface area contributed by atoms with E-state index >= 15 is 0 Å². The Balaban J connectivity index is 2.23. The Kier molecular flexibility index (Phi) is 5.46. The molecular weight excluding hydrogens is 257 g/mol. The second-order valence-electron chi connectivity index (χ2n) is 2.79. The zero-order valence-corrected chi connectivity index (χ0v) is 9.85. The predicted molar refractivity (Wildman–Crippen MR) is 57.4 cm³/mol. The van der Waals surface area contributed by atoms with Gasteiger partial charge in [0.15, 0.2) is 0 Å². The molecule has 78 valence electrons. The fraction of sp³-hybridized carbons (Fsp3) is 0.300. The van der Waals surface area contributed by atoms with Gasteiger partial charge in [-0.3, -0.25) is 0 Å². The average molecular weight is 268 g/mol. The standard InChI is InChI=1S/C10H11N3OSe/c11-8-15-7-1-4-13-10(14)9-2-5-12-6-3-9/h2-3,5-6H,1,4,7H2,(H,13,14). The van der Waals surface area contributed by atoms with Crippen LogP contribution in [-0.4, -0.2) is 32.4 Å². The van der Waals surface area contributed by atoms with Crippen molar-refractivity contribution in [2.45, 2.75) is 11.7 Å². The SMILES string of the molecule is N#C[Se]CCCNC(=O)c1ccncc1. The van der Waals surface area contributed by atoms with Gasteiger partial charge in [-0.2, -0.15) is 0 Å². The number of amides is 1. The molecule has 0 unspecified atom stereocenters. The van der Waals surface area contributed by atoms with Gasteiger partial charge in [-0.25, -0.2) is 0 Å². The van der Waals surface area contributed by atoms with Crippen molar-refractivity contribution in [2.75, 3.05) is 6.54 Å². The van der Waals surface area contributed by atoms with Crippen LogP contribution in [0.4, 0.5) is 0 Å². The van der Waals surface area contributed by atoms with Crippen LogP contribution >= 0.6 is 0 Å². The Morgan fingerprint density at radius 3 is 2.93 bits per heavy atom. The first-order valence-corrected chi connectivity index (χ1v) is 6.60. The van der Waals surface area contributed by atoms with Crippen LogP contribution in [0.2, 0.25) is 5.32 Å². The maximum atomic E-state index is 11.5. The van der Waals surface area contributed by atoms with Crippen LogP contribution in [0.25, 0.3) is 0 Å². The van der Waals surface area contributed by atoms with Gasteiger partial charge in [-0.1, -0.05) is 0 Å². The van der Waals surface area contributed by atoms with Crippen molar-refractivity contribution < 1.29 is 4.79 Å². The molecule has 1 N–H and O–H groups in total. The summed E-state index contributed by atoms with van der Waals surface area (Å²) in [6, 6.07) is 3.35. The van der Waals surface area contributed by atoms with E-state index in [4.69, 9.17) is 5.26 Å². The van der Waals surface area contributed by atoms with Gasteiger partial charge in [0.25, 0.3) is 0 Å². The molecular formula is C10H11N3OSe. The third-order valence-corrected chi connectivity index (χ3v) is 3.02. The van der Waals surface area contributed by atoms with Crippen LogP contribution in [-0.2, 0) is 0 Å². The molecule has 1 aromatic rings. The first-order valence-electron chi connectivity index (χ1n) is 4.53. The first-order chi connectivity index (χ1) is 7.34. The summed E-state index contributed by atoms with van der Waals surface area (Å²) in [5.74, 6) is -0.0816. The quantitative estimate of drug-likeness (QED) is 0.634. The van der Waals surface area contributed by atoms with Gasteiger partial charge in [0, 0.05) is 0 Å². The summed E-state index contributed by atoms with van der Waals surface area (Å²) in [6.45, 7) is 0.630. The van der Waals surface area contributed by atoms with Gasteiger partial charge >= 0.3 is 94.6 Å². The van der Waals surface area contributed by atoms with Crippen molar-refractivity contribution in [3.05, 3.63) is 30.1 Å². The molecule has 0 aliphatic rings. The van der Waals surface area contributed by atoms with Crippen LogP contribution in [0.5, 0.6) is 0 Å². The number of pyridine rings is 1. The number of hydrogen-bond acceptors (Lipinski definition) is 3. The van der Waals surface area contributed by atoms with Crippen LogP contribution in [0.3, 0.4) is 0 Å². The first kappa shape index (κ1) is 11.7. The van der Waals surface area contributed by atoms with E-state index in [2.05, 4.69) is 15.3 Å². The molecule has 5 heteroatoms. The Morgan fingerprint density at radius 1 is 1.53 bits per heavy atom. The molecule has 0 saturated heterocycles. The molecule has 0 aromatic carbocycles. The number of nitrogens with one attached hydrogen (secondary N) is 1. The number of carbonyl (C=O) groups excluding carboxylic acids is 1. The van der Waals surface area contributed by atoms with Crippen molar-refractivity contribution in [1.29, 1.82) is 5.26 Å². The third-order valence-electron chi connectivity index (χ3n) is 1.72. The number of rotatable bonds is 5. The van der Waals surface area contributed by atoms with Crippen LogP contribution < -0.4 is 5.32 Å². The summed E-state index contributed by atoms with van der Waals surface area (Å²) in [5, 5.41) is 12.0. The molecule has 1 heterocycles. The fourth-order valence-electron chi connectivity index (χ4n) is 0.997. The molecule has 0 fully saturated rings. The number of aromatic nitrogens is 1. The molecule has 0 aliphatic carbocycles. The summed E-state index contributed by atoms with van der Waals surface area (Å²) >= 11 is 0.0569. The zero-order chi connectivity index (χ0) is 10.9. The molecule has 4 nitrogen and oxygen atoms in total. The Morgan fingerprint density at radius 2 is 2.27 bits per heavy atom. The summed E-state index contributed by atoms with van der Waals surface area (Å²) < 4.78 is 0. The normalized spacial score (nSPS) is 9.27. The minimum atomic E-state index is -0.0816. The van der Waals surface area contributed by atoms with Gasteiger partial charge in [0.1, 0.15) is 0 Å². The molecule has 0 bridgehead atoms. The van der Waals surface area contributed by atoms with Crippen molar-refractivity contribution >= 4 is 20.9 Å². The predicted octanol–water partition coefficient (Wildman–Crippen LogP) is 0.805. The van der Waals surface area contributed by atoms with Gasteiger partial charge in [0.2, 0.25) is 0 Å². The fourth-order valence-corrected chi connectivity index (χ4v) is 1.79. The Labute approximate surface area is 94.9 Å². The van der Waals surface area contributed by atoms with Crippen molar-refractivity contribution in [3.8, 4) is 4.97 Å². The summed E-state index contributed by atoms with van der Waals surface area (Å²) in [4.78, 5) is 17.4. The second-order valence-corrected chi connectivity index (χ2v) is 4.63. The van der Waals surface area contributed by atoms with E-state index in [1.54, 1.807) is 24.5 Å². The van der Waals surface area contributed by atoms with Crippen molar-refractivity contribution in [3.63, 3.8) is 0 Å². The monoisotopic (exact) mass is 269 g/mol. The van der Waals surface area contributed by atoms with Crippen LogP contribution in [0, 0.1) is 10.2 Å². The van der Waals surface area contributed by atoms with Gasteiger partial charge < -0.3 is 0 Å². The molecule has 0 spiro atoms. The molecule has 0 saturated carbocycles. The van der Waals surface area contributed by atoms with E-state index in [0.29, 0.717) is 12.1 Å². The van der Waals surface area contributed by atoms with Crippen molar-refractivity contribution in [2.24, 2.45) is 0 Å². The van der Waals surface area contributed by atoms with Crippen LogP contribution in [0.15, 0.2) is 24.5 Å². The van der Waals surface area contributed by atoms with E-state index in [1.165, 1.54) is 0 Å². The average Bonchev–Trinajstić information content (AvgIpc) is 2.30. The molecule has 0 radical (unpaired) electrons. The van der Waals surface area contributed by atoms with E-state index in [9.17, 15) is 4.79 Å². The number of nitrogens with zero attached hydrogens (tertiary/aromatic N) is 2. The van der Waals surface area contributed by atoms with Crippen molar-refractivity contribution in [1.82, 2.24) is 10.3 Å². The second kappa shape index (κ2) is 6.99. The molecule has 1 rings (SSSR count). The molecule has 0 atom stereocenters.